The largest absolute Gasteiger partial charge is 0.507 e. The Morgan fingerprint density at radius 2 is 2.00 bits per heavy atom. The van der Waals surface area contributed by atoms with Crippen LogP contribution < -0.4 is 0 Å². The topological polar surface area (TPSA) is 120 Å². The summed E-state index contributed by atoms with van der Waals surface area (Å²) in [5.74, 6) is -2.23. The average Bonchev–Trinajstić information content (AvgIpc) is 2.87. The molecule has 0 spiro atoms. The zero-order valence-electron chi connectivity index (χ0n) is 11.6. The molecule has 2 aromatic rings. The SMILES string of the molecule is Cc1ncc2c(c1O)C(c1cc(C(=O)O)c(O)cc1O)OC2. The van der Waals surface area contributed by atoms with Gasteiger partial charge in [-0.3, -0.25) is 4.98 Å². The quantitative estimate of drug-likeness (QED) is 0.668. The molecule has 0 bridgehead atoms. The number of benzene rings is 1. The number of carboxylic acids is 1. The van der Waals surface area contributed by atoms with Crippen LogP contribution >= 0.6 is 0 Å². The van der Waals surface area contributed by atoms with E-state index in [-0.39, 0.29) is 29.2 Å². The second-order valence-corrected chi connectivity index (χ2v) is 5.06. The summed E-state index contributed by atoms with van der Waals surface area (Å²) in [7, 11) is 0. The van der Waals surface area contributed by atoms with Gasteiger partial charge in [-0.15, -0.1) is 0 Å². The number of hydrogen-bond donors (Lipinski definition) is 4. The zero-order chi connectivity index (χ0) is 16.0. The normalized spacial score (nSPS) is 16.5. The molecule has 0 saturated heterocycles. The third kappa shape index (κ3) is 2.03. The Balaban J connectivity index is 2.18. The minimum Gasteiger partial charge on any atom is -0.507 e. The van der Waals surface area contributed by atoms with E-state index in [9.17, 15) is 20.1 Å². The van der Waals surface area contributed by atoms with Crippen molar-refractivity contribution in [2.24, 2.45) is 0 Å². The number of aromatic hydroxyl groups is 3. The lowest BCUT2D eigenvalue weighted by Crippen LogP contribution is -2.04. The van der Waals surface area contributed by atoms with E-state index < -0.39 is 17.8 Å². The van der Waals surface area contributed by atoms with Crippen molar-refractivity contribution in [2.75, 3.05) is 0 Å². The number of rotatable bonds is 2. The Kier molecular flexibility index (Phi) is 3.14. The van der Waals surface area contributed by atoms with Crippen LogP contribution in [0.15, 0.2) is 18.3 Å². The predicted octanol–water partition coefficient (Wildman–Crippen LogP) is 1.82. The fraction of sp³-hybridized carbons (Fsp3) is 0.200. The summed E-state index contributed by atoms with van der Waals surface area (Å²) in [5, 5.41) is 38.9. The van der Waals surface area contributed by atoms with Crippen LogP contribution in [0.1, 0.15) is 38.8 Å². The molecule has 7 heteroatoms. The Morgan fingerprint density at radius 3 is 2.68 bits per heavy atom. The Morgan fingerprint density at radius 1 is 1.27 bits per heavy atom. The number of aromatic nitrogens is 1. The van der Waals surface area contributed by atoms with Gasteiger partial charge >= 0.3 is 5.97 Å². The molecule has 22 heavy (non-hydrogen) atoms. The maximum Gasteiger partial charge on any atom is 0.339 e. The smallest absolute Gasteiger partial charge is 0.339 e. The molecule has 0 aliphatic carbocycles. The molecule has 3 rings (SSSR count). The lowest BCUT2D eigenvalue weighted by molar-refractivity contribution is 0.0692. The summed E-state index contributed by atoms with van der Waals surface area (Å²) in [4.78, 5) is 15.2. The van der Waals surface area contributed by atoms with Gasteiger partial charge in [-0.25, -0.2) is 4.79 Å². The Hall–Kier alpha value is -2.80. The van der Waals surface area contributed by atoms with Gasteiger partial charge in [-0.2, -0.15) is 0 Å². The number of carboxylic acid groups (broad SMARTS) is 1. The van der Waals surface area contributed by atoms with E-state index in [4.69, 9.17) is 9.84 Å². The third-order valence-electron chi connectivity index (χ3n) is 3.68. The van der Waals surface area contributed by atoms with Crippen molar-refractivity contribution in [2.45, 2.75) is 19.6 Å². The summed E-state index contributed by atoms with van der Waals surface area (Å²) < 4.78 is 5.57. The van der Waals surface area contributed by atoms with E-state index in [1.807, 2.05) is 0 Å². The highest BCUT2D eigenvalue weighted by atomic mass is 16.5. The number of pyridine rings is 1. The van der Waals surface area contributed by atoms with E-state index in [2.05, 4.69) is 4.98 Å². The molecule has 0 amide bonds. The summed E-state index contributed by atoms with van der Waals surface area (Å²) in [6.07, 6.45) is 0.746. The van der Waals surface area contributed by atoms with Crippen molar-refractivity contribution < 1.29 is 30.0 Å². The van der Waals surface area contributed by atoms with E-state index >= 15 is 0 Å². The van der Waals surface area contributed by atoms with Gasteiger partial charge in [-0.1, -0.05) is 0 Å². The number of aryl methyl sites for hydroxylation is 1. The second kappa shape index (κ2) is 4.88. The van der Waals surface area contributed by atoms with Gasteiger partial charge in [0.2, 0.25) is 0 Å². The van der Waals surface area contributed by atoms with Gasteiger partial charge in [0.05, 0.1) is 12.3 Å². The van der Waals surface area contributed by atoms with Crippen LogP contribution in [0.2, 0.25) is 0 Å². The van der Waals surface area contributed by atoms with Crippen molar-refractivity contribution in [3.05, 3.63) is 46.3 Å². The molecule has 1 aromatic carbocycles. The summed E-state index contributed by atoms with van der Waals surface area (Å²) in [5.41, 5.74) is 1.33. The highest BCUT2D eigenvalue weighted by Crippen LogP contribution is 2.45. The Labute approximate surface area is 125 Å². The molecule has 4 N–H and O–H groups in total. The van der Waals surface area contributed by atoms with Crippen molar-refractivity contribution in [3.8, 4) is 17.2 Å². The highest BCUT2D eigenvalue weighted by Gasteiger charge is 2.32. The van der Waals surface area contributed by atoms with Gasteiger partial charge in [0, 0.05) is 29.0 Å². The molecule has 114 valence electrons. The second-order valence-electron chi connectivity index (χ2n) is 5.06. The van der Waals surface area contributed by atoms with Gasteiger partial charge in [-0.05, 0) is 13.0 Å². The van der Waals surface area contributed by atoms with Crippen molar-refractivity contribution in [1.29, 1.82) is 0 Å². The molecule has 1 aliphatic heterocycles. The number of fused-ring (bicyclic) bond motifs is 1. The monoisotopic (exact) mass is 303 g/mol. The molecular formula is C15H13NO6. The van der Waals surface area contributed by atoms with Gasteiger partial charge in [0.1, 0.15) is 28.9 Å². The number of ether oxygens (including phenoxy) is 1. The van der Waals surface area contributed by atoms with E-state index in [0.717, 1.165) is 12.1 Å². The number of phenols is 2. The predicted molar refractivity (Wildman–Crippen MR) is 74.0 cm³/mol. The molecule has 0 radical (unpaired) electrons. The maximum atomic E-state index is 11.1. The lowest BCUT2D eigenvalue weighted by atomic mass is 9.96. The molecule has 7 nitrogen and oxygen atoms in total. The van der Waals surface area contributed by atoms with Crippen LogP contribution in [-0.4, -0.2) is 31.4 Å². The number of hydrogen-bond acceptors (Lipinski definition) is 6. The molecule has 2 heterocycles. The summed E-state index contributed by atoms with van der Waals surface area (Å²) >= 11 is 0. The first-order chi connectivity index (χ1) is 10.4. The molecule has 1 aliphatic rings. The molecule has 1 aromatic heterocycles. The highest BCUT2D eigenvalue weighted by molar-refractivity contribution is 5.91. The van der Waals surface area contributed by atoms with Crippen LogP contribution in [0.25, 0.3) is 0 Å². The van der Waals surface area contributed by atoms with E-state index in [0.29, 0.717) is 16.8 Å². The van der Waals surface area contributed by atoms with Gasteiger partial charge < -0.3 is 25.2 Å². The molecular weight excluding hydrogens is 290 g/mol. The maximum absolute atomic E-state index is 11.1. The minimum absolute atomic E-state index is 0.0515. The fourth-order valence-corrected chi connectivity index (χ4v) is 2.54. The van der Waals surface area contributed by atoms with Crippen molar-refractivity contribution in [1.82, 2.24) is 4.98 Å². The van der Waals surface area contributed by atoms with E-state index in [1.165, 1.54) is 0 Å². The first kappa shape index (κ1) is 14.2. The Bertz CT molecular complexity index is 786. The first-order valence-electron chi connectivity index (χ1n) is 6.48. The van der Waals surface area contributed by atoms with E-state index in [1.54, 1.807) is 13.1 Å². The van der Waals surface area contributed by atoms with Crippen LogP contribution in [0, 0.1) is 6.92 Å². The number of nitrogens with zero attached hydrogens (tertiary/aromatic N) is 1. The standard InChI is InChI=1S/C15H13NO6/c1-6-13(19)12-7(4-16-6)5-22-14(12)8-2-9(15(20)21)11(18)3-10(8)17/h2-4,14,17-19H,5H2,1H3,(H,20,21). The summed E-state index contributed by atoms with van der Waals surface area (Å²) in [6.45, 7) is 1.81. The molecule has 0 fully saturated rings. The summed E-state index contributed by atoms with van der Waals surface area (Å²) in [6, 6.07) is 2.09. The fourth-order valence-electron chi connectivity index (χ4n) is 2.54. The minimum atomic E-state index is -1.33. The molecule has 1 unspecified atom stereocenters. The molecule has 1 atom stereocenters. The first-order valence-corrected chi connectivity index (χ1v) is 6.48. The van der Waals surface area contributed by atoms with Crippen molar-refractivity contribution >= 4 is 5.97 Å². The number of phenolic OH excluding ortho intramolecular Hbond substituents is 1. The molecule has 0 saturated carbocycles. The van der Waals surface area contributed by atoms with Crippen molar-refractivity contribution in [3.63, 3.8) is 0 Å². The van der Waals surface area contributed by atoms with Crippen LogP contribution in [0.3, 0.4) is 0 Å². The zero-order valence-corrected chi connectivity index (χ0v) is 11.6. The number of carbonyl (C=O) groups is 1. The number of aromatic carboxylic acids is 1. The van der Waals surface area contributed by atoms with Crippen LogP contribution in [0.5, 0.6) is 17.2 Å². The lowest BCUT2D eigenvalue weighted by Gasteiger charge is -2.16. The van der Waals surface area contributed by atoms with Gasteiger partial charge in [0.25, 0.3) is 0 Å². The average molecular weight is 303 g/mol. The van der Waals surface area contributed by atoms with Crippen LogP contribution in [0.4, 0.5) is 0 Å². The van der Waals surface area contributed by atoms with Crippen LogP contribution in [-0.2, 0) is 11.3 Å². The third-order valence-corrected chi connectivity index (χ3v) is 3.68. The van der Waals surface area contributed by atoms with Gasteiger partial charge in [0.15, 0.2) is 0 Å².